The molecule has 0 aliphatic rings. The van der Waals surface area contributed by atoms with Crippen molar-refractivity contribution in [3.63, 3.8) is 0 Å². The van der Waals surface area contributed by atoms with E-state index in [1.165, 1.54) is 6.07 Å². The molecule has 0 saturated heterocycles. The van der Waals surface area contributed by atoms with Crippen LogP contribution in [0, 0.1) is 11.7 Å². The number of carbonyl (C=O) groups is 1. The molecule has 1 unspecified atom stereocenters. The minimum atomic E-state index is -0.348. The lowest BCUT2D eigenvalue weighted by Crippen LogP contribution is -2.38. The number of amides is 1. The van der Waals surface area contributed by atoms with Crippen LogP contribution in [-0.2, 0) is 11.2 Å². The molecule has 0 fully saturated rings. The topological polar surface area (TPSA) is 29.1 Å². The van der Waals surface area contributed by atoms with Crippen molar-refractivity contribution < 1.29 is 9.18 Å². The summed E-state index contributed by atoms with van der Waals surface area (Å²) in [6.07, 6.45) is 0.880. The van der Waals surface area contributed by atoms with Crippen molar-refractivity contribution in [1.29, 1.82) is 0 Å². The molecule has 0 radical (unpaired) electrons. The fourth-order valence-corrected chi connectivity index (χ4v) is 2.03. The number of hydrogen-bond donors (Lipinski definition) is 1. The predicted octanol–water partition coefficient (Wildman–Crippen LogP) is 3.14. The highest BCUT2D eigenvalue weighted by Crippen LogP contribution is 2.09. The molecule has 2 nitrogen and oxygen atoms in total. The summed E-state index contributed by atoms with van der Waals surface area (Å²) in [5.74, 6) is 0.300. The van der Waals surface area contributed by atoms with Crippen molar-refractivity contribution in [3.8, 4) is 0 Å². The summed E-state index contributed by atoms with van der Waals surface area (Å²) in [4.78, 5) is 11.8. The summed E-state index contributed by atoms with van der Waals surface area (Å²) in [7, 11) is 0. The average molecular weight is 272 g/mol. The number of carbonyl (C=O) groups excluding carboxylic acids is 1. The fraction of sp³-hybridized carbons (Fsp3) is 0.500. The van der Waals surface area contributed by atoms with Gasteiger partial charge in [-0.05, 0) is 24.0 Å². The first-order valence-corrected chi connectivity index (χ1v) is 6.65. The van der Waals surface area contributed by atoms with Crippen molar-refractivity contribution in [3.05, 3.63) is 35.6 Å². The van der Waals surface area contributed by atoms with E-state index in [-0.39, 0.29) is 24.2 Å². The van der Waals surface area contributed by atoms with E-state index < -0.39 is 0 Å². The molecule has 1 rings (SSSR count). The minimum Gasteiger partial charge on any atom is -0.352 e. The van der Waals surface area contributed by atoms with Crippen LogP contribution < -0.4 is 5.32 Å². The summed E-state index contributed by atoms with van der Waals surface area (Å²) < 4.78 is 13.4. The van der Waals surface area contributed by atoms with Crippen LogP contribution in [0.2, 0.25) is 0 Å². The second kappa shape index (κ2) is 7.37. The van der Waals surface area contributed by atoms with Gasteiger partial charge in [0.15, 0.2) is 0 Å². The molecule has 1 N–H and O–H groups in total. The monoisotopic (exact) mass is 271 g/mol. The Morgan fingerprint density at radius 3 is 2.61 bits per heavy atom. The van der Waals surface area contributed by atoms with Gasteiger partial charge >= 0.3 is 0 Å². The van der Waals surface area contributed by atoms with Gasteiger partial charge in [-0.3, -0.25) is 4.79 Å². The maximum Gasteiger partial charge on any atom is 0.224 e. The zero-order chi connectivity index (χ0) is 13.5. The molecule has 100 valence electrons. The molecule has 0 spiro atoms. The van der Waals surface area contributed by atoms with Crippen LogP contribution in [0.3, 0.4) is 0 Å². The molecular weight excluding hydrogens is 253 g/mol. The summed E-state index contributed by atoms with van der Waals surface area (Å²) in [5.41, 5.74) is 0.410. The van der Waals surface area contributed by atoms with Crippen LogP contribution in [-0.4, -0.2) is 17.8 Å². The standard InChI is InChI=1S/C14H19ClFNO/c1-10(2)7-12(9-15)17-14(18)8-11-5-3-4-6-13(11)16/h3-6,10,12H,7-9H2,1-2H3,(H,17,18). The first-order valence-electron chi connectivity index (χ1n) is 6.11. The summed E-state index contributed by atoms with van der Waals surface area (Å²) >= 11 is 5.80. The van der Waals surface area contributed by atoms with Crippen LogP contribution in [0.15, 0.2) is 24.3 Å². The van der Waals surface area contributed by atoms with Crippen LogP contribution in [0.25, 0.3) is 0 Å². The van der Waals surface area contributed by atoms with E-state index in [0.29, 0.717) is 17.4 Å². The largest absolute Gasteiger partial charge is 0.352 e. The highest BCUT2D eigenvalue weighted by atomic mass is 35.5. The van der Waals surface area contributed by atoms with Gasteiger partial charge in [0.25, 0.3) is 0 Å². The molecule has 1 aromatic carbocycles. The summed E-state index contributed by atoms with van der Waals surface area (Å²) in [5, 5.41) is 2.84. The second-order valence-corrected chi connectivity index (χ2v) is 5.13. The van der Waals surface area contributed by atoms with E-state index in [1.807, 2.05) is 0 Å². The third kappa shape index (κ3) is 5.05. The van der Waals surface area contributed by atoms with Crippen LogP contribution >= 0.6 is 11.6 Å². The molecule has 0 aromatic heterocycles. The zero-order valence-corrected chi connectivity index (χ0v) is 11.5. The van der Waals surface area contributed by atoms with Gasteiger partial charge < -0.3 is 5.32 Å². The number of rotatable bonds is 6. The fourth-order valence-electron chi connectivity index (χ4n) is 1.82. The van der Waals surface area contributed by atoms with Gasteiger partial charge in [-0.2, -0.15) is 0 Å². The number of halogens is 2. The highest BCUT2D eigenvalue weighted by molar-refractivity contribution is 6.18. The van der Waals surface area contributed by atoms with E-state index in [1.54, 1.807) is 18.2 Å². The number of alkyl halides is 1. The molecule has 18 heavy (non-hydrogen) atoms. The second-order valence-electron chi connectivity index (χ2n) is 4.82. The Labute approximate surface area is 113 Å². The number of benzene rings is 1. The highest BCUT2D eigenvalue weighted by Gasteiger charge is 2.14. The SMILES string of the molecule is CC(C)CC(CCl)NC(=O)Cc1ccccc1F. The molecule has 0 aliphatic heterocycles. The van der Waals surface area contributed by atoms with Crippen LogP contribution in [0.1, 0.15) is 25.8 Å². The Balaban J connectivity index is 2.53. The molecule has 0 bridgehead atoms. The maximum absolute atomic E-state index is 13.4. The van der Waals surface area contributed by atoms with E-state index in [0.717, 1.165) is 6.42 Å². The van der Waals surface area contributed by atoms with Crippen molar-refractivity contribution in [1.82, 2.24) is 5.32 Å². The molecule has 1 amide bonds. The molecule has 0 saturated carbocycles. The first kappa shape index (κ1) is 15.0. The lowest BCUT2D eigenvalue weighted by molar-refractivity contribution is -0.121. The van der Waals surface area contributed by atoms with E-state index in [9.17, 15) is 9.18 Å². The summed E-state index contributed by atoms with van der Waals surface area (Å²) in [6, 6.07) is 6.25. The van der Waals surface area contributed by atoms with Gasteiger partial charge in [-0.1, -0.05) is 32.0 Å². The van der Waals surface area contributed by atoms with Crippen molar-refractivity contribution in [2.45, 2.75) is 32.7 Å². The Hall–Kier alpha value is -1.09. The average Bonchev–Trinajstić information content (AvgIpc) is 2.30. The molecule has 1 atom stereocenters. The molecular formula is C14H19ClFNO. The van der Waals surface area contributed by atoms with Gasteiger partial charge in [0.1, 0.15) is 5.82 Å². The lowest BCUT2D eigenvalue weighted by atomic mass is 10.0. The Morgan fingerprint density at radius 2 is 2.06 bits per heavy atom. The normalized spacial score (nSPS) is 12.5. The van der Waals surface area contributed by atoms with Gasteiger partial charge in [-0.25, -0.2) is 4.39 Å². The van der Waals surface area contributed by atoms with Crippen LogP contribution in [0.5, 0.6) is 0 Å². The molecule has 4 heteroatoms. The van der Waals surface area contributed by atoms with Gasteiger partial charge in [0.05, 0.1) is 6.42 Å². The van der Waals surface area contributed by atoms with Gasteiger partial charge in [-0.15, -0.1) is 11.6 Å². The molecule has 0 heterocycles. The quantitative estimate of drug-likeness (QED) is 0.792. The van der Waals surface area contributed by atoms with Crippen molar-refractivity contribution >= 4 is 17.5 Å². The Bertz CT molecular complexity index is 395. The third-order valence-corrected chi connectivity index (χ3v) is 2.99. The van der Waals surface area contributed by atoms with E-state index in [4.69, 9.17) is 11.6 Å². The minimum absolute atomic E-state index is 0.0501. The predicted molar refractivity (Wildman–Crippen MR) is 72.2 cm³/mol. The van der Waals surface area contributed by atoms with Gasteiger partial charge in [0, 0.05) is 11.9 Å². The smallest absolute Gasteiger partial charge is 0.224 e. The summed E-state index contributed by atoms with van der Waals surface area (Å²) in [6.45, 7) is 4.14. The molecule has 1 aromatic rings. The Kier molecular flexibility index (Phi) is 6.13. The lowest BCUT2D eigenvalue weighted by Gasteiger charge is -2.18. The van der Waals surface area contributed by atoms with Crippen molar-refractivity contribution in [2.75, 3.05) is 5.88 Å². The van der Waals surface area contributed by atoms with Gasteiger partial charge in [0.2, 0.25) is 5.91 Å². The van der Waals surface area contributed by atoms with Crippen molar-refractivity contribution in [2.24, 2.45) is 5.92 Å². The first-order chi connectivity index (χ1) is 8.52. The molecule has 0 aliphatic carbocycles. The zero-order valence-electron chi connectivity index (χ0n) is 10.7. The third-order valence-electron chi connectivity index (χ3n) is 2.62. The van der Waals surface area contributed by atoms with Crippen LogP contribution in [0.4, 0.5) is 4.39 Å². The Morgan fingerprint density at radius 1 is 1.39 bits per heavy atom. The maximum atomic E-state index is 13.4. The van der Waals surface area contributed by atoms with E-state index >= 15 is 0 Å². The number of nitrogens with one attached hydrogen (secondary N) is 1. The number of hydrogen-bond acceptors (Lipinski definition) is 1. The van der Waals surface area contributed by atoms with E-state index in [2.05, 4.69) is 19.2 Å².